The number of carbonyl (C=O) groups is 1. The van der Waals surface area contributed by atoms with Crippen LogP contribution in [0.3, 0.4) is 0 Å². The first-order valence-electron chi connectivity index (χ1n) is 8.48. The normalized spacial score (nSPS) is 15.2. The minimum Gasteiger partial charge on any atom is -0.353 e. The molecule has 1 N–H and O–H groups in total. The molecule has 0 atom stereocenters. The lowest BCUT2D eigenvalue weighted by Crippen LogP contribution is -2.49. The van der Waals surface area contributed by atoms with Gasteiger partial charge in [-0.05, 0) is 18.1 Å². The number of nitrogens with zero attached hydrogens (tertiary/aromatic N) is 4. The van der Waals surface area contributed by atoms with Crippen molar-refractivity contribution in [3.05, 3.63) is 47.4 Å². The number of hydrogen-bond acceptors (Lipinski definition) is 5. The second-order valence-electron chi connectivity index (χ2n) is 6.02. The number of para-hydroxylation sites is 1. The first-order chi connectivity index (χ1) is 12.2. The van der Waals surface area contributed by atoms with Crippen molar-refractivity contribution in [3.63, 3.8) is 0 Å². The van der Waals surface area contributed by atoms with Crippen LogP contribution in [0.5, 0.6) is 0 Å². The molecule has 0 aliphatic carbocycles. The van der Waals surface area contributed by atoms with Crippen molar-refractivity contribution in [2.75, 3.05) is 42.9 Å². The largest absolute Gasteiger partial charge is 0.353 e. The Balaban J connectivity index is 1.52. The maximum atomic E-state index is 12.3. The van der Waals surface area contributed by atoms with E-state index in [1.165, 1.54) is 6.33 Å². The number of carbonyl (C=O) groups excluding carboxylic acids is 1. The number of benzene rings is 1. The van der Waals surface area contributed by atoms with E-state index in [0.717, 1.165) is 49.7 Å². The molecule has 1 saturated heterocycles. The number of anilines is 2. The van der Waals surface area contributed by atoms with Gasteiger partial charge in [0.05, 0.1) is 12.7 Å². The monoisotopic (exact) mass is 359 g/mol. The summed E-state index contributed by atoms with van der Waals surface area (Å²) in [6, 6.07) is 7.93. The lowest BCUT2D eigenvalue weighted by molar-refractivity contribution is -0.117. The molecule has 0 spiro atoms. The zero-order valence-electron chi connectivity index (χ0n) is 14.3. The predicted octanol–water partition coefficient (Wildman–Crippen LogP) is 2.45. The van der Waals surface area contributed by atoms with Crippen molar-refractivity contribution in [2.24, 2.45) is 0 Å². The fourth-order valence-corrected chi connectivity index (χ4v) is 3.22. The standard InChI is InChI=1S/C18H22ClN5O/c1-2-14-5-3-4-6-16(14)22-17(25)12-23-7-9-24(10-8-23)18-15(19)11-20-13-21-18/h3-6,11,13H,2,7-10,12H2,1H3,(H,22,25). The molecule has 1 aliphatic rings. The van der Waals surface area contributed by atoms with Crippen LogP contribution in [0.4, 0.5) is 11.5 Å². The Labute approximate surface area is 152 Å². The number of piperazine rings is 1. The molecule has 0 radical (unpaired) electrons. The quantitative estimate of drug-likeness (QED) is 0.888. The van der Waals surface area contributed by atoms with Gasteiger partial charge >= 0.3 is 0 Å². The lowest BCUT2D eigenvalue weighted by Gasteiger charge is -2.35. The van der Waals surface area contributed by atoms with Gasteiger partial charge in [0.1, 0.15) is 11.3 Å². The number of halogens is 1. The first-order valence-corrected chi connectivity index (χ1v) is 8.85. The number of amides is 1. The molecule has 2 heterocycles. The molecule has 6 nitrogen and oxygen atoms in total. The molecule has 3 rings (SSSR count). The summed E-state index contributed by atoms with van der Waals surface area (Å²) in [5.41, 5.74) is 2.06. The average molecular weight is 360 g/mol. The van der Waals surface area contributed by atoms with Gasteiger partial charge in [-0.1, -0.05) is 36.7 Å². The van der Waals surface area contributed by atoms with Gasteiger partial charge in [0.25, 0.3) is 0 Å². The Morgan fingerprint density at radius 1 is 1.24 bits per heavy atom. The number of nitrogens with one attached hydrogen (secondary N) is 1. The molecule has 1 aromatic carbocycles. The third-order valence-corrected chi connectivity index (χ3v) is 4.63. The Kier molecular flexibility index (Phi) is 5.83. The van der Waals surface area contributed by atoms with Crippen LogP contribution in [-0.2, 0) is 11.2 Å². The number of hydrogen-bond donors (Lipinski definition) is 1. The van der Waals surface area contributed by atoms with Gasteiger partial charge < -0.3 is 10.2 Å². The fourth-order valence-electron chi connectivity index (χ4n) is 3.00. The molecule has 1 aromatic heterocycles. The number of aryl methyl sites for hydroxylation is 1. The van der Waals surface area contributed by atoms with Gasteiger partial charge in [-0.3, -0.25) is 9.69 Å². The summed E-state index contributed by atoms with van der Waals surface area (Å²) in [6.07, 6.45) is 4.01. The van der Waals surface area contributed by atoms with E-state index < -0.39 is 0 Å². The highest BCUT2D eigenvalue weighted by molar-refractivity contribution is 6.32. The van der Waals surface area contributed by atoms with E-state index in [0.29, 0.717) is 11.6 Å². The zero-order valence-corrected chi connectivity index (χ0v) is 15.0. The molecule has 1 aliphatic heterocycles. The second kappa shape index (κ2) is 8.27. The maximum Gasteiger partial charge on any atom is 0.238 e. The molecule has 132 valence electrons. The molecule has 1 fully saturated rings. The molecule has 1 amide bonds. The van der Waals surface area contributed by atoms with Crippen LogP contribution in [0.25, 0.3) is 0 Å². The van der Waals surface area contributed by atoms with E-state index in [1.54, 1.807) is 6.20 Å². The second-order valence-corrected chi connectivity index (χ2v) is 6.42. The SMILES string of the molecule is CCc1ccccc1NC(=O)CN1CCN(c2ncncc2Cl)CC1. The summed E-state index contributed by atoms with van der Waals surface area (Å²) < 4.78 is 0. The molecular weight excluding hydrogens is 338 g/mol. The number of rotatable bonds is 5. The average Bonchev–Trinajstić information content (AvgIpc) is 2.63. The zero-order chi connectivity index (χ0) is 17.6. The third-order valence-electron chi connectivity index (χ3n) is 4.36. The van der Waals surface area contributed by atoms with Crippen LogP contribution >= 0.6 is 11.6 Å². The molecular formula is C18H22ClN5O. The molecule has 7 heteroatoms. The molecule has 0 bridgehead atoms. The third kappa shape index (κ3) is 4.46. The highest BCUT2D eigenvalue weighted by Crippen LogP contribution is 2.22. The molecule has 2 aromatic rings. The first kappa shape index (κ1) is 17.6. The maximum absolute atomic E-state index is 12.3. The molecule has 0 unspecified atom stereocenters. The van der Waals surface area contributed by atoms with Crippen LogP contribution in [-0.4, -0.2) is 53.5 Å². The predicted molar refractivity (Wildman–Crippen MR) is 100 cm³/mol. The highest BCUT2D eigenvalue weighted by Gasteiger charge is 2.21. The summed E-state index contributed by atoms with van der Waals surface area (Å²) in [7, 11) is 0. The summed E-state index contributed by atoms with van der Waals surface area (Å²) in [6.45, 7) is 5.64. The Bertz CT molecular complexity index is 731. The highest BCUT2D eigenvalue weighted by atomic mass is 35.5. The van der Waals surface area contributed by atoms with Crippen LogP contribution < -0.4 is 10.2 Å². The lowest BCUT2D eigenvalue weighted by atomic mass is 10.1. The Hall–Kier alpha value is -2.18. The van der Waals surface area contributed by atoms with Crippen molar-refractivity contribution >= 4 is 29.0 Å². The summed E-state index contributed by atoms with van der Waals surface area (Å²) >= 11 is 6.15. The van der Waals surface area contributed by atoms with E-state index in [9.17, 15) is 4.79 Å². The van der Waals surface area contributed by atoms with Crippen molar-refractivity contribution < 1.29 is 4.79 Å². The van der Waals surface area contributed by atoms with E-state index >= 15 is 0 Å². The van der Waals surface area contributed by atoms with Crippen molar-refractivity contribution in [3.8, 4) is 0 Å². The van der Waals surface area contributed by atoms with Crippen LogP contribution in [0.2, 0.25) is 5.02 Å². The molecule has 25 heavy (non-hydrogen) atoms. The number of aromatic nitrogens is 2. The van der Waals surface area contributed by atoms with Crippen molar-refractivity contribution in [2.45, 2.75) is 13.3 Å². The van der Waals surface area contributed by atoms with Gasteiger partial charge in [-0.25, -0.2) is 9.97 Å². The van der Waals surface area contributed by atoms with Crippen LogP contribution in [0.1, 0.15) is 12.5 Å². The van der Waals surface area contributed by atoms with Gasteiger partial charge in [0.15, 0.2) is 5.82 Å². The Morgan fingerprint density at radius 3 is 2.72 bits per heavy atom. The summed E-state index contributed by atoms with van der Waals surface area (Å²) in [4.78, 5) is 24.8. The van der Waals surface area contributed by atoms with Crippen molar-refractivity contribution in [1.82, 2.24) is 14.9 Å². The van der Waals surface area contributed by atoms with Crippen molar-refractivity contribution in [1.29, 1.82) is 0 Å². The van der Waals surface area contributed by atoms with Gasteiger partial charge in [-0.2, -0.15) is 0 Å². The van der Waals surface area contributed by atoms with Gasteiger partial charge in [-0.15, -0.1) is 0 Å². The topological polar surface area (TPSA) is 61.4 Å². The Morgan fingerprint density at radius 2 is 2.00 bits per heavy atom. The van der Waals surface area contributed by atoms with E-state index in [2.05, 4.69) is 32.0 Å². The van der Waals surface area contributed by atoms with Gasteiger partial charge in [0, 0.05) is 31.9 Å². The van der Waals surface area contributed by atoms with Gasteiger partial charge in [0.2, 0.25) is 5.91 Å². The van der Waals surface area contributed by atoms with Crippen LogP contribution in [0, 0.1) is 0 Å². The van der Waals surface area contributed by atoms with Crippen LogP contribution in [0.15, 0.2) is 36.8 Å². The smallest absolute Gasteiger partial charge is 0.238 e. The minimum absolute atomic E-state index is 0.0226. The fraction of sp³-hybridized carbons (Fsp3) is 0.389. The van der Waals surface area contributed by atoms with E-state index in [1.807, 2.05) is 24.3 Å². The van der Waals surface area contributed by atoms with E-state index in [-0.39, 0.29) is 5.91 Å². The summed E-state index contributed by atoms with van der Waals surface area (Å²) in [5.74, 6) is 0.784. The molecule has 0 saturated carbocycles. The minimum atomic E-state index is 0.0226. The summed E-state index contributed by atoms with van der Waals surface area (Å²) in [5, 5.41) is 3.58. The van der Waals surface area contributed by atoms with E-state index in [4.69, 9.17) is 11.6 Å².